The molecular formula is C65H40N2. The van der Waals surface area contributed by atoms with Gasteiger partial charge in [0.15, 0.2) is 0 Å². The lowest BCUT2D eigenvalue weighted by atomic mass is 9.67. The Labute approximate surface area is 388 Å². The van der Waals surface area contributed by atoms with E-state index >= 15 is 0 Å². The SMILES string of the molecule is c1ccc(-c2ccc3ccc4ccc(-c5c6ccccc6c(-c6cc7ccc8c(c7c7ccccc67)-c6ccccc6C8(c6ccccc6)c6ccccc6)c6ccccc56)nc4c3n2)cc1. The highest BCUT2D eigenvalue weighted by Gasteiger charge is 2.46. The van der Waals surface area contributed by atoms with Crippen molar-refractivity contribution in [3.63, 3.8) is 0 Å². The minimum atomic E-state index is -0.478. The van der Waals surface area contributed by atoms with Crippen molar-refractivity contribution in [2.75, 3.05) is 0 Å². The topological polar surface area (TPSA) is 25.8 Å². The number of nitrogens with zero attached hydrogens (tertiary/aromatic N) is 2. The lowest BCUT2D eigenvalue weighted by Gasteiger charge is -2.34. The summed E-state index contributed by atoms with van der Waals surface area (Å²) in [6.45, 7) is 0. The van der Waals surface area contributed by atoms with Crippen LogP contribution in [0.4, 0.5) is 0 Å². The number of pyridine rings is 2. The molecule has 14 rings (SSSR count). The maximum absolute atomic E-state index is 5.55. The van der Waals surface area contributed by atoms with Crippen LogP contribution in [0.3, 0.4) is 0 Å². The molecule has 13 aromatic rings. The normalized spacial score (nSPS) is 12.9. The van der Waals surface area contributed by atoms with Crippen LogP contribution in [0.25, 0.3) is 110 Å². The van der Waals surface area contributed by atoms with E-state index in [1.165, 1.54) is 87.6 Å². The number of rotatable bonds is 5. The lowest BCUT2D eigenvalue weighted by Crippen LogP contribution is -2.28. The van der Waals surface area contributed by atoms with Gasteiger partial charge in [0, 0.05) is 21.9 Å². The van der Waals surface area contributed by atoms with Gasteiger partial charge in [-0.05, 0) is 106 Å². The first-order valence-corrected chi connectivity index (χ1v) is 23.2. The quantitative estimate of drug-likeness (QED) is 0.127. The van der Waals surface area contributed by atoms with Crippen LogP contribution in [0.1, 0.15) is 22.3 Å². The minimum Gasteiger partial charge on any atom is -0.245 e. The Balaban J connectivity index is 1.04. The maximum atomic E-state index is 5.55. The number of fused-ring (bicyclic) bond motifs is 12. The third-order valence-corrected chi connectivity index (χ3v) is 14.5. The van der Waals surface area contributed by atoms with E-state index in [9.17, 15) is 0 Å². The third-order valence-electron chi connectivity index (χ3n) is 14.5. The van der Waals surface area contributed by atoms with Gasteiger partial charge in [0.25, 0.3) is 0 Å². The number of aromatic nitrogens is 2. The monoisotopic (exact) mass is 848 g/mol. The van der Waals surface area contributed by atoms with Crippen LogP contribution in [-0.4, -0.2) is 9.97 Å². The van der Waals surface area contributed by atoms with Gasteiger partial charge < -0.3 is 0 Å². The molecule has 0 aliphatic heterocycles. The zero-order valence-corrected chi connectivity index (χ0v) is 36.5. The van der Waals surface area contributed by atoms with Gasteiger partial charge in [-0.25, -0.2) is 9.97 Å². The fourth-order valence-electron chi connectivity index (χ4n) is 11.7. The summed E-state index contributed by atoms with van der Waals surface area (Å²) in [5.41, 5.74) is 15.7. The summed E-state index contributed by atoms with van der Waals surface area (Å²) in [6.07, 6.45) is 0. The zero-order chi connectivity index (χ0) is 44.1. The molecule has 0 atom stereocenters. The van der Waals surface area contributed by atoms with E-state index in [0.717, 1.165) is 44.3 Å². The van der Waals surface area contributed by atoms with Crippen molar-refractivity contribution in [3.05, 3.63) is 265 Å². The molecule has 0 N–H and O–H groups in total. The summed E-state index contributed by atoms with van der Waals surface area (Å²) in [4.78, 5) is 10.8. The molecule has 11 aromatic carbocycles. The van der Waals surface area contributed by atoms with Crippen molar-refractivity contribution in [2.45, 2.75) is 5.41 Å². The van der Waals surface area contributed by atoms with E-state index in [4.69, 9.17) is 9.97 Å². The molecule has 2 heteroatoms. The first kappa shape index (κ1) is 37.6. The van der Waals surface area contributed by atoms with Crippen LogP contribution in [0.5, 0.6) is 0 Å². The maximum Gasteiger partial charge on any atom is 0.0972 e. The van der Waals surface area contributed by atoms with Gasteiger partial charge in [0.2, 0.25) is 0 Å². The third kappa shape index (κ3) is 5.45. The van der Waals surface area contributed by atoms with Gasteiger partial charge in [-0.3, -0.25) is 0 Å². The van der Waals surface area contributed by atoms with Gasteiger partial charge in [-0.2, -0.15) is 0 Å². The predicted octanol–water partition coefficient (Wildman–Crippen LogP) is 16.8. The molecule has 310 valence electrons. The average Bonchev–Trinajstić information content (AvgIpc) is 3.71. The van der Waals surface area contributed by atoms with Gasteiger partial charge in [0.05, 0.1) is 27.8 Å². The van der Waals surface area contributed by atoms with Crippen molar-refractivity contribution in [3.8, 4) is 44.8 Å². The molecule has 67 heavy (non-hydrogen) atoms. The van der Waals surface area contributed by atoms with Crippen molar-refractivity contribution >= 4 is 64.9 Å². The Bertz CT molecular complexity index is 4040. The largest absolute Gasteiger partial charge is 0.245 e. The summed E-state index contributed by atoms with van der Waals surface area (Å²) in [5, 5.41) is 11.9. The second-order valence-electron chi connectivity index (χ2n) is 17.9. The highest BCUT2D eigenvalue weighted by molar-refractivity contribution is 6.27. The van der Waals surface area contributed by atoms with Gasteiger partial charge in [-0.15, -0.1) is 0 Å². The molecule has 0 amide bonds. The smallest absolute Gasteiger partial charge is 0.0972 e. The molecule has 2 nitrogen and oxygen atoms in total. The molecular weight excluding hydrogens is 809 g/mol. The Morgan fingerprint density at radius 3 is 1.37 bits per heavy atom. The number of benzene rings is 11. The van der Waals surface area contributed by atoms with E-state index in [2.05, 4.69) is 237 Å². The molecule has 0 radical (unpaired) electrons. The van der Waals surface area contributed by atoms with Crippen molar-refractivity contribution in [1.29, 1.82) is 0 Å². The number of hydrogen-bond donors (Lipinski definition) is 0. The van der Waals surface area contributed by atoms with Crippen LogP contribution in [0, 0.1) is 0 Å². The van der Waals surface area contributed by atoms with Crippen LogP contribution in [-0.2, 0) is 5.41 Å². The van der Waals surface area contributed by atoms with Crippen molar-refractivity contribution in [2.24, 2.45) is 0 Å². The lowest BCUT2D eigenvalue weighted by molar-refractivity contribution is 0.769. The van der Waals surface area contributed by atoms with Crippen molar-refractivity contribution in [1.82, 2.24) is 9.97 Å². The average molecular weight is 849 g/mol. The standard InChI is InChI=1S/C65H40N2/c1-4-18-41(19-5-1)57-38-35-42-32-33-43-36-39-58(67-64(43)63(42)66-57)61-51-28-14-12-26-49(51)60(50-27-13-15-29-52(50)61)54-40-44-34-37-56-62(59(44)48-25-11-10-24-47(48)54)53-30-16-17-31-55(53)65(56,45-20-6-2-7-21-45)46-22-8-3-9-23-46/h1-40H. The molecule has 1 aliphatic carbocycles. The Morgan fingerprint density at radius 1 is 0.284 bits per heavy atom. The molecule has 0 fully saturated rings. The fraction of sp³-hybridized carbons (Fsp3) is 0.0154. The Morgan fingerprint density at radius 2 is 0.746 bits per heavy atom. The Kier molecular flexibility index (Phi) is 8.23. The van der Waals surface area contributed by atoms with Crippen LogP contribution in [0.2, 0.25) is 0 Å². The highest BCUT2D eigenvalue weighted by Crippen LogP contribution is 2.59. The Hall–Kier alpha value is -8.72. The van der Waals surface area contributed by atoms with E-state index in [0.29, 0.717) is 0 Å². The molecule has 0 saturated heterocycles. The number of hydrogen-bond acceptors (Lipinski definition) is 2. The first-order valence-electron chi connectivity index (χ1n) is 23.2. The second-order valence-corrected chi connectivity index (χ2v) is 17.9. The van der Waals surface area contributed by atoms with Crippen LogP contribution >= 0.6 is 0 Å². The summed E-state index contributed by atoms with van der Waals surface area (Å²) in [5.74, 6) is 0. The molecule has 0 unspecified atom stereocenters. The molecule has 0 spiro atoms. The zero-order valence-electron chi connectivity index (χ0n) is 36.5. The molecule has 0 bridgehead atoms. The van der Waals surface area contributed by atoms with Gasteiger partial charge in [0.1, 0.15) is 0 Å². The second kappa shape index (κ2) is 14.7. The summed E-state index contributed by atoms with van der Waals surface area (Å²) < 4.78 is 0. The molecule has 1 aliphatic rings. The minimum absolute atomic E-state index is 0.478. The van der Waals surface area contributed by atoms with Crippen LogP contribution < -0.4 is 0 Å². The van der Waals surface area contributed by atoms with E-state index < -0.39 is 5.41 Å². The van der Waals surface area contributed by atoms with E-state index in [1.54, 1.807) is 0 Å². The van der Waals surface area contributed by atoms with E-state index in [-0.39, 0.29) is 0 Å². The molecule has 2 aromatic heterocycles. The molecule has 0 saturated carbocycles. The summed E-state index contributed by atoms with van der Waals surface area (Å²) >= 11 is 0. The van der Waals surface area contributed by atoms with Gasteiger partial charge in [-0.1, -0.05) is 224 Å². The highest BCUT2D eigenvalue weighted by atomic mass is 14.8. The summed E-state index contributed by atoms with van der Waals surface area (Å²) in [6, 6.07) is 88.9. The first-order chi connectivity index (χ1) is 33.3. The van der Waals surface area contributed by atoms with Crippen LogP contribution in [0.15, 0.2) is 243 Å². The predicted molar refractivity (Wildman–Crippen MR) is 281 cm³/mol. The van der Waals surface area contributed by atoms with Gasteiger partial charge >= 0.3 is 0 Å². The summed E-state index contributed by atoms with van der Waals surface area (Å²) in [7, 11) is 0. The fourth-order valence-corrected chi connectivity index (χ4v) is 11.7. The molecule has 2 heterocycles. The van der Waals surface area contributed by atoms with E-state index in [1.807, 2.05) is 6.07 Å². The van der Waals surface area contributed by atoms with Crippen molar-refractivity contribution < 1.29 is 0 Å².